The summed E-state index contributed by atoms with van der Waals surface area (Å²) in [5, 5.41) is 0. The third-order valence-electron chi connectivity index (χ3n) is 3.44. The monoisotopic (exact) mass is 287 g/mol. The molecule has 112 valence electrons. The van der Waals surface area contributed by atoms with E-state index in [9.17, 15) is 0 Å². The Morgan fingerprint density at radius 3 is 2.95 bits per heavy atom. The molecule has 0 aromatic carbocycles. The topological polar surface area (TPSA) is 40.6 Å². The second kappa shape index (κ2) is 8.58. The average Bonchev–Trinajstić information content (AvgIpc) is 2.56. The first-order valence-electron chi connectivity index (χ1n) is 7.13. The van der Waals surface area contributed by atoms with Crippen molar-refractivity contribution in [1.82, 2.24) is 4.98 Å². The van der Waals surface area contributed by atoms with Gasteiger partial charge in [0, 0.05) is 39.4 Å². The molecule has 21 heavy (non-hydrogen) atoms. The fraction of sp³-hybridized carbons (Fsp3) is 0.471. The lowest BCUT2D eigenvalue weighted by molar-refractivity contribution is -0.0589. The van der Waals surface area contributed by atoms with Crippen LogP contribution in [0.1, 0.15) is 18.5 Å². The van der Waals surface area contributed by atoms with E-state index in [2.05, 4.69) is 22.9 Å². The molecule has 0 saturated carbocycles. The summed E-state index contributed by atoms with van der Waals surface area (Å²) >= 11 is 0. The van der Waals surface area contributed by atoms with Gasteiger partial charge in [0.15, 0.2) is 0 Å². The van der Waals surface area contributed by atoms with Crippen LogP contribution in [0.25, 0.3) is 0 Å². The van der Waals surface area contributed by atoms with Crippen LogP contribution in [0, 0.1) is 11.8 Å². The lowest BCUT2D eigenvalue weighted by Crippen LogP contribution is -2.36. The molecule has 2 heterocycles. The Balaban J connectivity index is 1.69. The summed E-state index contributed by atoms with van der Waals surface area (Å²) < 4.78 is 16.4. The van der Waals surface area contributed by atoms with Crippen LogP contribution in [-0.4, -0.2) is 44.1 Å². The van der Waals surface area contributed by atoms with Crippen LogP contribution in [0.2, 0.25) is 0 Å². The van der Waals surface area contributed by atoms with Gasteiger partial charge >= 0.3 is 0 Å². The van der Waals surface area contributed by atoms with Gasteiger partial charge in [-0.2, -0.15) is 0 Å². The number of rotatable bonds is 5. The average molecular weight is 287 g/mol. The van der Waals surface area contributed by atoms with Gasteiger partial charge in [0.1, 0.15) is 12.3 Å². The predicted octanol–water partition coefficient (Wildman–Crippen LogP) is 2.20. The highest BCUT2D eigenvalue weighted by molar-refractivity contribution is 5.26. The van der Waals surface area contributed by atoms with E-state index in [-0.39, 0.29) is 5.60 Å². The van der Waals surface area contributed by atoms with Crippen molar-refractivity contribution in [2.24, 2.45) is 0 Å². The summed E-state index contributed by atoms with van der Waals surface area (Å²) in [6.07, 6.45) is 7.59. The van der Waals surface area contributed by atoms with Crippen molar-refractivity contribution >= 4 is 0 Å². The largest absolute Gasteiger partial charge is 0.381 e. The molecule has 4 heteroatoms. The Hall–Kier alpha value is -1.67. The van der Waals surface area contributed by atoms with Crippen LogP contribution in [0.4, 0.5) is 0 Å². The first kappa shape index (κ1) is 15.7. The summed E-state index contributed by atoms with van der Waals surface area (Å²) in [5.41, 5.74) is 0.568. The zero-order valence-corrected chi connectivity index (χ0v) is 12.4. The van der Waals surface area contributed by atoms with Gasteiger partial charge in [0.05, 0.1) is 12.2 Å². The highest BCUT2D eigenvalue weighted by Crippen LogP contribution is 2.25. The SMILES string of the molecule is COC1(C=CCOCC#Cc2ccccn2)CCOCC1. The first-order valence-corrected chi connectivity index (χ1v) is 7.13. The molecule has 1 saturated heterocycles. The fourth-order valence-electron chi connectivity index (χ4n) is 2.16. The number of methoxy groups -OCH3 is 1. The zero-order valence-electron chi connectivity index (χ0n) is 12.4. The number of nitrogens with zero attached hydrogens (tertiary/aromatic N) is 1. The molecule has 1 aromatic heterocycles. The molecule has 0 bridgehead atoms. The molecular formula is C17H21NO3. The molecule has 0 atom stereocenters. The number of aromatic nitrogens is 1. The maximum absolute atomic E-state index is 5.61. The van der Waals surface area contributed by atoms with Crippen molar-refractivity contribution in [3.8, 4) is 11.8 Å². The third-order valence-corrected chi connectivity index (χ3v) is 3.44. The molecular weight excluding hydrogens is 266 g/mol. The van der Waals surface area contributed by atoms with Crippen molar-refractivity contribution in [3.05, 3.63) is 42.2 Å². The fourth-order valence-corrected chi connectivity index (χ4v) is 2.16. The number of hydrogen-bond acceptors (Lipinski definition) is 4. The standard InChI is InChI=1S/C17H21NO3/c1-19-17(9-14-21-15-10-17)8-5-13-20-12-4-7-16-6-2-3-11-18-16/h2-3,5-6,8,11H,9-10,12-15H2,1H3. The molecule has 0 amide bonds. The molecule has 4 nitrogen and oxygen atoms in total. The minimum absolute atomic E-state index is 0.193. The lowest BCUT2D eigenvalue weighted by atomic mass is 9.93. The highest BCUT2D eigenvalue weighted by atomic mass is 16.5. The predicted molar refractivity (Wildman–Crippen MR) is 80.9 cm³/mol. The van der Waals surface area contributed by atoms with E-state index >= 15 is 0 Å². The first-order chi connectivity index (χ1) is 10.3. The van der Waals surface area contributed by atoms with Crippen LogP contribution in [0.5, 0.6) is 0 Å². The van der Waals surface area contributed by atoms with Gasteiger partial charge in [-0.25, -0.2) is 4.98 Å². The summed E-state index contributed by atoms with van der Waals surface area (Å²) in [6.45, 7) is 2.41. The van der Waals surface area contributed by atoms with Crippen molar-refractivity contribution in [3.63, 3.8) is 0 Å². The zero-order chi connectivity index (χ0) is 14.8. The van der Waals surface area contributed by atoms with E-state index in [4.69, 9.17) is 14.2 Å². The normalized spacial score (nSPS) is 17.4. The maximum Gasteiger partial charge on any atom is 0.113 e. The van der Waals surface area contributed by atoms with Crippen LogP contribution in [-0.2, 0) is 14.2 Å². The van der Waals surface area contributed by atoms with Gasteiger partial charge in [-0.05, 0) is 18.1 Å². The molecule has 0 N–H and O–H groups in total. The summed E-state index contributed by atoms with van der Waals surface area (Å²) in [5.74, 6) is 5.90. The van der Waals surface area contributed by atoms with Crippen molar-refractivity contribution in [1.29, 1.82) is 0 Å². The smallest absolute Gasteiger partial charge is 0.113 e. The van der Waals surface area contributed by atoms with Crippen molar-refractivity contribution in [2.45, 2.75) is 18.4 Å². The molecule has 1 fully saturated rings. The Morgan fingerprint density at radius 2 is 2.24 bits per heavy atom. The Labute approximate surface area is 126 Å². The van der Waals surface area contributed by atoms with Gasteiger partial charge in [-0.15, -0.1) is 0 Å². The minimum Gasteiger partial charge on any atom is -0.381 e. The highest BCUT2D eigenvalue weighted by Gasteiger charge is 2.29. The Kier molecular flexibility index (Phi) is 6.42. The molecule has 2 rings (SSSR count). The second-order valence-electron chi connectivity index (χ2n) is 4.82. The number of ether oxygens (including phenoxy) is 3. The van der Waals surface area contributed by atoms with Crippen molar-refractivity contribution < 1.29 is 14.2 Å². The van der Waals surface area contributed by atoms with E-state index in [0.717, 1.165) is 31.7 Å². The van der Waals surface area contributed by atoms with Gasteiger partial charge in [-0.1, -0.05) is 24.1 Å². The van der Waals surface area contributed by atoms with Crippen LogP contribution in [0.3, 0.4) is 0 Å². The van der Waals surface area contributed by atoms with Gasteiger partial charge in [-0.3, -0.25) is 0 Å². The number of hydrogen-bond donors (Lipinski definition) is 0. The van der Waals surface area contributed by atoms with Crippen LogP contribution in [0.15, 0.2) is 36.5 Å². The van der Waals surface area contributed by atoms with E-state index in [1.807, 2.05) is 24.3 Å². The lowest BCUT2D eigenvalue weighted by Gasteiger charge is -2.33. The Bertz CT molecular complexity index is 496. The van der Waals surface area contributed by atoms with Crippen molar-refractivity contribution in [2.75, 3.05) is 33.5 Å². The summed E-state index contributed by atoms with van der Waals surface area (Å²) in [6, 6.07) is 5.66. The van der Waals surface area contributed by atoms with E-state index in [1.54, 1.807) is 13.3 Å². The quantitative estimate of drug-likeness (QED) is 0.473. The molecule has 1 aliphatic rings. The third kappa shape index (κ3) is 5.31. The van der Waals surface area contributed by atoms with Gasteiger partial charge < -0.3 is 14.2 Å². The molecule has 0 aliphatic carbocycles. The van der Waals surface area contributed by atoms with E-state index < -0.39 is 0 Å². The van der Waals surface area contributed by atoms with Crippen LogP contribution >= 0.6 is 0 Å². The van der Waals surface area contributed by atoms with Gasteiger partial charge in [0.2, 0.25) is 0 Å². The van der Waals surface area contributed by atoms with Crippen LogP contribution < -0.4 is 0 Å². The van der Waals surface area contributed by atoms with Gasteiger partial charge in [0.25, 0.3) is 0 Å². The summed E-state index contributed by atoms with van der Waals surface area (Å²) in [7, 11) is 1.74. The molecule has 0 radical (unpaired) electrons. The molecule has 1 aliphatic heterocycles. The second-order valence-corrected chi connectivity index (χ2v) is 4.82. The number of pyridine rings is 1. The molecule has 1 aromatic rings. The van der Waals surface area contributed by atoms with E-state index in [0.29, 0.717) is 13.2 Å². The minimum atomic E-state index is -0.193. The Morgan fingerprint density at radius 1 is 1.38 bits per heavy atom. The maximum atomic E-state index is 5.61. The summed E-state index contributed by atoms with van der Waals surface area (Å²) in [4.78, 5) is 4.12. The molecule has 0 unspecified atom stereocenters. The van der Waals surface area contributed by atoms with E-state index in [1.165, 1.54) is 0 Å². The molecule has 0 spiro atoms.